The maximum Gasteiger partial charge on any atom is 0.421 e. The van der Waals surface area contributed by atoms with Crippen LogP contribution in [0.4, 0.5) is 35.0 Å². The van der Waals surface area contributed by atoms with Gasteiger partial charge in [0.15, 0.2) is 0 Å². The Morgan fingerprint density at radius 3 is 2.43 bits per heavy atom. The van der Waals surface area contributed by atoms with E-state index in [9.17, 15) is 27.2 Å². The lowest BCUT2D eigenvalue weighted by molar-refractivity contribution is -0.137. The average molecular weight is 498 g/mol. The maximum absolute atomic E-state index is 14.5. The van der Waals surface area contributed by atoms with E-state index in [0.717, 1.165) is 25.0 Å². The van der Waals surface area contributed by atoms with Crippen molar-refractivity contribution in [3.63, 3.8) is 0 Å². The molecule has 2 amide bonds. The second-order valence-electron chi connectivity index (χ2n) is 8.03. The predicted octanol–water partition coefficient (Wildman–Crippen LogP) is 3.61. The third-order valence-corrected chi connectivity index (χ3v) is 5.58. The third-order valence-electron chi connectivity index (χ3n) is 5.58. The zero-order chi connectivity index (χ0) is 25.8. The van der Waals surface area contributed by atoms with E-state index in [4.69, 9.17) is 4.74 Å². The molecule has 190 valence electrons. The molecule has 1 heterocycles. The highest BCUT2D eigenvalue weighted by atomic mass is 19.4. The monoisotopic (exact) mass is 498 g/mol. The van der Waals surface area contributed by atoms with Crippen molar-refractivity contribution in [1.29, 1.82) is 0 Å². The van der Waals surface area contributed by atoms with Gasteiger partial charge in [-0.1, -0.05) is 12.8 Å². The van der Waals surface area contributed by atoms with Crippen LogP contribution in [0.5, 0.6) is 5.75 Å². The summed E-state index contributed by atoms with van der Waals surface area (Å²) in [4.78, 5) is 31.1. The fraction of sp³-hybridized carbons (Fsp3) is 0.455. The van der Waals surface area contributed by atoms with Crippen molar-refractivity contribution in [1.82, 2.24) is 20.6 Å². The van der Waals surface area contributed by atoms with Crippen LogP contribution in [0, 0.1) is 5.82 Å². The number of benzene rings is 1. The average Bonchev–Trinajstić information content (AvgIpc) is 2.79. The summed E-state index contributed by atoms with van der Waals surface area (Å²) in [5.74, 6) is -2.50. The molecule has 35 heavy (non-hydrogen) atoms. The van der Waals surface area contributed by atoms with Crippen molar-refractivity contribution >= 4 is 29.3 Å². The Morgan fingerprint density at radius 1 is 1.14 bits per heavy atom. The molecule has 2 aromatic rings. The van der Waals surface area contributed by atoms with Gasteiger partial charge >= 0.3 is 6.18 Å². The Hall–Kier alpha value is -3.64. The quantitative estimate of drug-likeness (QED) is 0.431. The number of aromatic nitrogens is 2. The number of hydrogen-bond acceptors (Lipinski definition) is 7. The summed E-state index contributed by atoms with van der Waals surface area (Å²) in [5, 5.41) is 10.6. The lowest BCUT2D eigenvalue weighted by Crippen LogP contribution is -2.48. The van der Waals surface area contributed by atoms with Crippen LogP contribution in [-0.2, 0) is 11.0 Å². The normalized spacial score (nSPS) is 17.9. The Labute approximate surface area is 199 Å². The highest BCUT2D eigenvalue weighted by molar-refractivity contribution is 5.95. The zero-order valence-corrected chi connectivity index (χ0v) is 19.3. The molecule has 1 aromatic heterocycles. The first kappa shape index (κ1) is 26.0. The van der Waals surface area contributed by atoms with Gasteiger partial charge in [0.25, 0.3) is 5.91 Å². The maximum atomic E-state index is 14.5. The van der Waals surface area contributed by atoms with Crippen molar-refractivity contribution < 1.29 is 31.9 Å². The van der Waals surface area contributed by atoms with E-state index in [2.05, 4.69) is 31.2 Å². The van der Waals surface area contributed by atoms with Crippen molar-refractivity contribution in [3.8, 4) is 5.75 Å². The molecular formula is C22H26F4N6O3. The van der Waals surface area contributed by atoms with Crippen LogP contribution in [0.25, 0.3) is 0 Å². The number of carbonyl (C=O) groups excluding carboxylic acids is 2. The lowest BCUT2D eigenvalue weighted by Gasteiger charge is -2.33. The van der Waals surface area contributed by atoms with Crippen LogP contribution in [0.2, 0.25) is 0 Å². The summed E-state index contributed by atoms with van der Waals surface area (Å²) in [6, 6.07) is 1.28. The summed E-state index contributed by atoms with van der Waals surface area (Å²) in [7, 11) is 2.63. The largest absolute Gasteiger partial charge is 0.495 e. The van der Waals surface area contributed by atoms with Crippen LogP contribution in [0.1, 0.15) is 48.5 Å². The van der Waals surface area contributed by atoms with Crippen LogP contribution in [-0.4, -0.2) is 48.0 Å². The molecule has 0 spiro atoms. The van der Waals surface area contributed by atoms with Gasteiger partial charge < -0.3 is 26.0 Å². The number of halogens is 4. The second-order valence-corrected chi connectivity index (χ2v) is 8.03. The highest BCUT2D eigenvalue weighted by Crippen LogP contribution is 2.36. The molecule has 1 aliphatic rings. The Kier molecular flexibility index (Phi) is 7.97. The summed E-state index contributed by atoms with van der Waals surface area (Å²) in [6.07, 6.45) is -1.35. The topological polar surface area (TPSA) is 117 Å². The van der Waals surface area contributed by atoms with E-state index in [0.29, 0.717) is 19.0 Å². The Bertz CT molecular complexity index is 1100. The number of nitrogens with zero attached hydrogens (tertiary/aromatic N) is 2. The minimum atomic E-state index is -4.74. The molecule has 3 rings (SSSR count). The summed E-state index contributed by atoms with van der Waals surface area (Å²) in [6.45, 7) is 1.35. The number of alkyl halides is 3. The van der Waals surface area contributed by atoms with Crippen LogP contribution in [0.15, 0.2) is 18.3 Å². The van der Waals surface area contributed by atoms with E-state index < -0.39 is 35.3 Å². The molecule has 0 radical (unpaired) electrons. The number of methoxy groups -OCH3 is 1. The molecule has 0 aliphatic heterocycles. The molecule has 13 heteroatoms. The summed E-state index contributed by atoms with van der Waals surface area (Å²) < 4.78 is 60.7. The minimum Gasteiger partial charge on any atom is -0.495 e. The molecule has 1 aromatic carbocycles. The molecule has 1 aliphatic carbocycles. The van der Waals surface area contributed by atoms with Crippen molar-refractivity contribution in [2.24, 2.45) is 0 Å². The first-order valence-corrected chi connectivity index (χ1v) is 10.9. The standard InChI is InChI=1S/C22H26F4N6O3/c1-11(33)29-15-6-4-5-7-16(15)30-19-13(22(24,25)26)10-28-21(32-19)31-17-9-14(23)12(20(34)27-2)8-18(17)35-3/h8-10,15-16H,4-7H2,1-3H3,(H,27,34)(H,29,33)(H2,28,30,31,32)/t15-,16-/m1/s1. The smallest absolute Gasteiger partial charge is 0.421 e. The molecule has 1 saturated carbocycles. The molecule has 0 bridgehead atoms. The van der Waals surface area contributed by atoms with Crippen LogP contribution >= 0.6 is 0 Å². The first-order valence-electron chi connectivity index (χ1n) is 10.9. The summed E-state index contributed by atoms with van der Waals surface area (Å²) in [5.41, 5.74) is -1.34. The van der Waals surface area contributed by atoms with Gasteiger partial charge in [0.1, 0.15) is 22.9 Å². The van der Waals surface area contributed by atoms with Gasteiger partial charge in [-0.3, -0.25) is 9.59 Å². The molecule has 0 saturated heterocycles. The highest BCUT2D eigenvalue weighted by Gasteiger charge is 2.37. The third kappa shape index (κ3) is 6.28. The van der Waals surface area contributed by atoms with Gasteiger partial charge in [0, 0.05) is 38.3 Å². The molecule has 0 unspecified atom stereocenters. The Morgan fingerprint density at radius 2 is 1.83 bits per heavy atom. The molecular weight excluding hydrogens is 472 g/mol. The fourth-order valence-electron chi connectivity index (χ4n) is 3.92. The molecule has 4 N–H and O–H groups in total. The van der Waals surface area contributed by atoms with Gasteiger partial charge in [-0.05, 0) is 18.9 Å². The van der Waals surface area contributed by atoms with Crippen molar-refractivity contribution in [3.05, 3.63) is 35.3 Å². The number of ether oxygens (including phenoxy) is 1. The lowest BCUT2D eigenvalue weighted by atomic mass is 9.90. The number of carbonyl (C=O) groups is 2. The predicted molar refractivity (Wildman–Crippen MR) is 120 cm³/mol. The molecule has 9 nitrogen and oxygen atoms in total. The molecule has 2 atom stereocenters. The van der Waals surface area contributed by atoms with Gasteiger partial charge in [0.05, 0.1) is 18.4 Å². The van der Waals surface area contributed by atoms with E-state index >= 15 is 0 Å². The number of rotatable bonds is 7. The van der Waals surface area contributed by atoms with Gasteiger partial charge in [-0.15, -0.1) is 0 Å². The fourth-order valence-corrected chi connectivity index (χ4v) is 3.92. The number of anilines is 3. The van der Waals surface area contributed by atoms with E-state index in [-0.39, 0.29) is 34.9 Å². The SMILES string of the molecule is CNC(=O)c1cc(OC)c(Nc2ncc(C(F)(F)F)c(N[C@@H]3CCCC[C@H]3NC(C)=O)n2)cc1F. The number of hydrogen-bond donors (Lipinski definition) is 4. The zero-order valence-electron chi connectivity index (χ0n) is 19.3. The van der Waals surface area contributed by atoms with Crippen molar-refractivity contribution in [2.45, 2.75) is 50.9 Å². The number of amides is 2. The first-order chi connectivity index (χ1) is 16.5. The van der Waals surface area contributed by atoms with E-state index in [1.54, 1.807) is 0 Å². The Balaban J connectivity index is 1.95. The van der Waals surface area contributed by atoms with E-state index in [1.165, 1.54) is 21.1 Å². The van der Waals surface area contributed by atoms with Crippen LogP contribution < -0.4 is 26.0 Å². The van der Waals surface area contributed by atoms with Crippen molar-refractivity contribution in [2.75, 3.05) is 24.8 Å². The van der Waals surface area contributed by atoms with Gasteiger partial charge in [0.2, 0.25) is 11.9 Å². The van der Waals surface area contributed by atoms with Gasteiger partial charge in [-0.25, -0.2) is 9.37 Å². The van der Waals surface area contributed by atoms with Crippen LogP contribution in [0.3, 0.4) is 0 Å². The molecule has 1 fully saturated rings. The number of nitrogens with one attached hydrogen (secondary N) is 4. The van der Waals surface area contributed by atoms with E-state index in [1.807, 2.05) is 0 Å². The second kappa shape index (κ2) is 10.7. The summed E-state index contributed by atoms with van der Waals surface area (Å²) >= 11 is 0. The van der Waals surface area contributed by atoms with Gasteiger partial charge in [-0.2, -0.15) is 18.2 Å². The minimum absolute atomic E-state index is 0.0113.